The number of rotatable bonds is 1. The molecule has 0 aliphatic carbocycles. The van der Waals surface area contributed by atoms with E-state index in [9.17, 15) is 4.79 Å². The van der Waals surface area contributed by atoms with Gasteiger partial charge in [0.25, 0.3) is 0 Å². The Morgan fingerprint density at radius 3 is 2.00 bits per heavy atom. The van der Waals surface area contributed by atoms with Gasteiger partial charge in [-0.3, -0.25) is 4.79 Å². The molecule has 0 aromatic heterocycles. The molecule has 0 saturated heterocycles. The molecule has 0 bridgehead atoms. The molecule has 0 aromatic rings. The second-order valence-electron chi connectivity index (χ2n) is 1.56. The van der Waals surface area contributed by atoms with Crippen molar-refractivity contribution in [2.24, 2.45) is 0 Å². The van der Waals surface area contributed by atoms with Crippen molar-refractivity contribution in [1.82, 2.24) is 0 Å². The summed E-state index contributed by atoms with van der Waals surface area (Å²) in [5.41, 5.74) is 0.986. The monoisotopic (exact) mass is 116 g/mol. The molecule has 0 heterocycles. The molecule has 0 N–H and O–H groups in total. The molecule has 0 fully saturated rings. The summed E-state index contributed by atoms with van der Waals surface area (Å²) in [5, 5.41) is -0.181. The smallest absolute Gasteiger partial charge is 0.209 e. The van der Waals surface area contributed by atoms with Crippen LogP contribution >= 0.6 is 12.6 Å². The Balaban J connectivity index is 3.68. The molecule has 0 aromatic carbocycles. The first kappa shape index (κ1) is 6.76. The summed E-state index contributed by atoms with van der Waals surface area (Å²) in [6, 6.07) is 0. The summed E-state index contributed by atoms with van der Waals surface area (Å²) in [6.07, 6.45) is 1.48. The third kappa shape index (κ3) is 5.76. The van der Waals surface area contributed by atoms with Gasteiger partial charge < -0.3 is 0 Å². The Hall–Kier alpha value is -0.240. The van der Waals surface area contributed by atoms with Gasteiger partial charge in [0.05, 0.1) is 0 Å². The van der Waals surface area contributed by atoms with E-state index in [1.54, 1.807) is 0 Å². The fourth-order valence-corrected chi connectivity index (χ4v) is 0.505. The van der Waals surface area contributed by atoms with E-state index in [0.717, 1.165) is 5.57 Å². The van der Waals surface area contributed by atoms with Crippen molar-refractivity contribution in [3.63, 3.8) is 0 Å². The van der Waals surface area contributed by atoms with Gasteiger partial charge in [0, 0.05) is 0 Å². The standard InChI is InChI=1S/C5H8OS/c1-4(2)3-5(6)7/h3H,1-2H3,(H,6,7). The normalized spacial score (nSPS) is 7.86. The predicted octanol–water partition coefficient (Wildman–Crippen LogP) is 1.41. The van der Waals surface area contributed by atoms with E-state index in [4.69, 9.17) is 0 Å². The summed E-state index contributed by atoms with van der Waals surface area (Å²) in [6.45, 7) is 3.71. The van der Waals surface area contributed by atoms with Gasteiger partial charge in [-0.25, -0.2) is 0 Å². The fraction of sp³-hybridized carbons (Fsp3) is 0.400. The number of hydrogen-bond acceptors (Lipinski definition) is 1. The Bertz CT molecular complexity index is 101. The highest BCUT2D eigenvalue weighted by Crippen LogP contribution is 1.89. The SMILES string of the molecule is CC(C)=CC(=O)S. The van der Waals surface area contributed by atoms with Crippen LogP contribution in [0.4, 0.5) is 0 Å². The first-order valence-corrected chi connectivity index (χ1v) is 2.45. The van der Waals surface area contributed by atoms with Crippen molar-refractivity contribution in [3.05, 3.63) is 11.6 Å². The van der Waals surface area contributed by atoms with Crippen molar-refractivity contribution in [3.8, 4) is 0 Å². The van der Waals surface area contributed by atoms with E-state index in [-0.39, 0.29) is 5.12 Å². The maximum Gasteiger partial charge on any atom is 0.209 e. The summed E-state index contributed by atoms with van der Waals surface area (Å²) in [4.78, 5) is 10.0. The van der Waals surface area contributed by atoms with Crippen LogP contribution in [0, 0.1) is 0 Å². The maximum atomic E-state index is 10.0. The minimum atomic E-state index is -0.181. The molecule has 2 heteroatoms. The Labute approximate surface area is 48.8 Å². The average molecular weight is 116 g/mol. The molecule has 0 atom stereocenters. The number of carbonyl (C=O) groups is 1. The molecule has 0 rings (SSSR count). The van der Waals surface area contributed by atoms with Crippen molar-refractivity contribution in [2.45, 2.75) is 13.8 Å². The molecule has 7 heavy (non-hydrogen) atoms. The molecule has 0 saturated carbocycles. The summed E-state index contributed by atoms with van der Waals surface area (Å²) in [7, 11) is 0. The number of hydrogen-bond donors (Lipinski definition) is 1. The average Bonchev–Trinajstić information content (AvgIpc) is 1.27. The molecule has 1 nitrogen and oxygen atoms in total. The zero-order valence-electron chi connectivity index (χ0n) is 4.43. The van der Waals surface area contributed by atoms with Crippen LogP contribution in [-0.2, 0) is 4.79 Å². The Morgan fingerprint density at radius 2 is 2.00 bits per heavy atom. The summed E-state index contributed by atoms with van der Waals surface area (Å²) < 4.78 is 0. The van der Waals surface area contributed by atoms with Gasteiger partial charge in [-0.1, -0.05) is 5.57 Å². The van der Waals surface area contributed by atoms with Gasteiger partial charge in [-0.05, 0) is 19.9 Å². The van der Waals surface area contributed by atoms with E-state index >= 15 is 0 Å². The lowest BCUT2D eigenvalue weighted by Crippen LogP contribution is -1.76. The van der Waals surface area contributed by atoms with Gasteiger partial charge in [0.1, 0.15) is 0 Å². The topological polar surface area (TPSA) is 17.1 Å². The largest absolute Gasteiger partial charge is 0.283 e. The number of thiol groups is 1. The van der Waals surface area contributed by atoms with E-state index in [1.807, 2.05) is 13.8 Å². The van der Waals surface area contributed by atoms with E-state index in [0.29, 0.717) is 0 Å². The second-order valence-corrected chi connectivity index (χ2v) is 2.00. The molecule has 0 radical (unpaired) electrons. The van der Waals surface area contributed by atoms with Gasteiger partial charge in [0.2, 0.25) is 5.12 Å². The molecular formula is C5H8OS. The van der Waals surface area contributed by atoms with E-state index in [2.05, 4.69) is 12.6 Å². The molecule has 0 unspecified atom stereocenters. The Morgan fingerprint density at radius 1 is 1.57 bits per heavy atom. The molecular weight excluding hydrogens is 108 g/mol. The molecule has 0 aliphatic rings. The molecule has 0 spiro atoms. The lowest BCUT2D eigenvalue weighted by molar-refractivity contribution is -0.106. The van der Waals surface area contributed by atoms with Crippen LogP contribution in [0.1, 0.15) is 13.8 Å². The van der Waals surface area contributed by atoms with Gasteiger partial charge in [-0.2, -0.15) is 0 Å². The van der Waals surface area contributed by atoms with Crippen molar-refractivity contribution < 1.29 is 4.79 Å². The van der Waals surface area contributed by atoms with Crippen molar-refractivity contribution in [1.29, 1.82) is 0 Å². The second kappa shape index (κ2) is 2.86. The third-order valence-corrected chi connectivity index (χ3v) is 0.541. The quantitative estimate of drug-likeness (QED) is 0.405. The van der Waals surface area contributed by atoms with Crippen LogP contribution in [0.2, 0.25) is 0 Å². The molecule has 0 aliphatic heterocycles. The van der Waals surface area contributed by atoms with E-state index in [1.165, 1.54) is 6.08 Å². The van der Waals surface area contributed by atoms with Crippen molar-refractivity contribution in [2.75, 3.05) is 0 Å². The fourth-order valence-electron chi connectivity index (χ4n) is 0.247. The van der Waals surface area contributed by atoms with Crippen LogP contribution < -0.4 is 0 Å². The van der Waals surface area contributed by atoms with Gasteiger partial charge in [0.15, 0.2) is 0 Å². The van der Waals surface area contributed by atoms with Crippen molar-refractivity contribution >= 4 is 17.7 Å². The molecule has 40 valence electrons. The van der Waals surface area contributed by atoms with Gasteiger partial charge >= 0.3 is 0 Å². The predicted molar refractivity (Wildman–Crippen MR) is 33.4 cm³/mol. The number of allylic oxidation sites excluding steroid dienone is 1. The highest BCUT2D eigenvalue weighted by Gasteiger charge is 1.81. The minimum Gasteiger partial charge on any atom is -0.283 e. The van der Waals surface area contributed by atoms with Crippen LogP contribution in [0.5, 0.6) is 0 Å². The lowest BCUT2D eigenvalue weighted by atomic mass is 10.3. The van der Waals surface area contributed by atoms with Crippen LogP contribution in [0.25, 0.3) is 0 Å². The zero-order valence-corrected chi connectivity index (χ0v) is 5.33. The third-order valence-electron chi connectivity index (χ3n) is 0.412. The van der Waals surface area contributed by atoms with Crippen LogP contribution in [0.15, 0.2) is 11.6 Å². The lowest BCUT2D eigenvalue weighted by Gasteiger charge is -1.79. The highest BCUT2D eigenvalue weighted by atomic mass is 32.1. The highest BCUT2D eigenvalue weighted by molar-refractivity contribution is 7.97. The first-order chi connectivity index (χ1) is 3.13. The van der Waals surface area contributed by atoms with Gasteiger partial charge in [-0.15, -0.1) is 12.6 Å². The number of carbonyl (C=O) groups excluding carboxylic acids is 1. The van der Waals surface area contributed by atoms with Crippen LogP contribution in [-0.4, -0.2) is 5.12 Å². The minimum absolute atomic E-state index is 0.181. The molecule has 0 amide bonds. The maximum absolute atomic E-state index is 10.0. The summed E-state index contributed by atoms with van der Waals surface area (Å²) >= 11 is 3.52. The van der Waals surface area contributed by atoms with E-state index < -0.39 is 0 Å². The zero-order chi connectivity index (χ0) is 5.86. The first-order valence-electron chi connectivity index (χ1n) is 2.01. The van der Waals surface area contributed by atoms with Crippen LogP contribution in [0.3, 0.4) is 0 Å². The Kier molecular flexibility index (Phi) is 2.76. The summed E-state index contributed by atoms with van der Waals surface area (Å²) in [5.74, 6) is 0.